The van der Waals surface area contributed by atoms with E-state index < -0.39 is 6.10 Å². The molecular weight excluding hydrogens is 246 g/mol. The second kappa shape index (κ2) is 5.67. The first kappa shape index (κ1) is 13.3. The molecule has 5 heteroatoms. The van der Waals surface area contributed by atoms with E-state index in [4.69, 9.17) is 14.2 Å². The number of rotatable bonds is 5. The smallest absolute Gasteiger partial charge is 0.164 e. The van der Waals surface area contributed by atoms with Gasteiger partial charge >= 0.3 is 0 Å². The fourth-order valence-corrected chi connectivity index (χ4v) is 1.95. The fourth-order valence-electron chi connectivity index (χ4n) is 1.95. The number of nitrogens with one attached hydrogen (secondary N) is 1. The Labute approximate surface area is 111 Å². The van der Waals surface area contributed by atoms with Gasteiger partial charge in [-0.2, -0.15) is 0 Å². The SMILES string of the molecule is COc1cc(OC)c(C(O)c2ccc[nH]2)cc1OC. The topological polar surface area (TPSA) is 63.7 Å². The summed E-state index contributed by atoms with van der Waals surface area (Å²) in [6.07, 6.45) is 0.941. The third-order valence-electron chi connectivity index (χ3n) is 2.95. The van der Waals surface area contributed by atoms with Gasteiger partial charge in [-0.25, -0.2) is 0 Å². The van der Waals surface area contributed by atoms with E-state index in [9.17, 15) is 5.11 Å². The van der Waals surface area contributed by atoms with Crippen molar-refractivity contribution in [2.75, 3.05) is 21.3 Å². The standard InChI is InChI=1S/C14H17NO4/c1-17-11-8-13(19-3)12(18-2)7-9(11)14(16)10-5-4-6-15-10/h4-8,14-16H,1-3H3. The largest absolute Gasteiger partial charge is 0.496 e. The van der Waals surface area contributed by atoms with Crippen LogP contribution in [0.3, 0.4) is 0 Å². The molecule has 19 heavy (non-hydrogen) atoms. The zero-order valence-electron chi connectivity index (χ0n) is 11.1. The van der Waals surface area contributed by atoms with Crippen molar-refractivity contribution in [3.05, 3.63) is 41.7 Å². The van der Waals surface area contributed by atoms with E-state index in [-0.39, 0.29) is 0 Å². The minimum atomic E-state index is -0.815. The molecule has 0 fully saturated rings. The highest BCUT2D eigenvalue weighted by Crippen LogP contribution is 2.38. The van der Waals surface area contributed by atoms with E-state index in [1.54, 1.807) is 45.7 Å². The Morgan fingerprint density at radius 2 is 1.63 bits per heavy atom. The number of methoxy groups -OCH3 is 3. The first-order valence-corrected chi connectivity index (χ1v) is 5.82. The number of benzene rings is 1. The van der Waals surface area contributed by atoms with Crippen LogP contribution in [0.2, 0.25) is 0 Å². The molecule has 1 aromatic carbocycles. The van der Waals surface area contributed by atoms with E-state index in [1.807, 2.05) is 6.07 Å². The van der Waals surface area contributed by atoms with Crippen molar-refractivity contribution < 1.29 is 19.3 Å². The molecule has 2 aromatic rings. The van der Waals surface area contributed by atoms with Crippen LogP contribution in [-0.2, 0) is 0 Å². The Balaban J connectivity index is 2.49. The summed E-state index contributed by atoms with van der Waals surface area (Å²) in [5.74, 6) is 1.64. The van der Waals surface area contributed by atoms with E-state index in [0.717, 1.165) is 0 Å². The first-order valence-electron chi connectivity index (χ1n) is 5.82. The zero-order valence-corrected chi connectivity index (χ0v) is 11.1. The summed E-state index contributed by atoms with van der Waals surface area (Å²) in [6, 6.07) is 7.04. The Kier molecular flexibility index (Phi) is 3.97. The maximum atomic E-state index is 10.4. The van der Waals surface area contributed by atoms with Crippen LogP contribution in [-0.4, -0.2) is 31.4 Å². The number of H-pyrrole nitrogens is 1. The number of aliphatic hydroxyl groups is 1. The number of aromatic amines is 1. The third kappa shape index (κ3) is 2.51. The highest BCUT2D eigenvalue weighted by molar-refractivity contribution is 5.52. The summed E-state index contributed by atoms with van der Waals surface area (Å²) in [4.78, 5) is 2.98. The summed E-state index contributed by atoms with van der Waals surface area (Å²) >= 11 is 0. The molecule has 2 N–H and O–H groups in total. The number of aromatic nitrogens is 1. The minimum absolute atomic E-state index is 0.541. The molecule has 1 atom stereocenters. The molecule has 102 valence electrons. The van der Waals surface area contributed by atoms with Crippen molar-refractivity contribution in [3.8, 4) is 17.2 Å². The van der Waals surface area contributed by atoms with Crippen LogP contribution >= 0.6 is 0 Å². The molecule has 0 amide bonds. The van der Waals surface area contributed by atoms with Gasteiger partial charge in [-0.15, -0.1) is 0 Å². The van der Waals surface area contributed by atoms with Crippen molar-refractivity contribution in [1.29, 1.82) is 0 Å². The van der Waals surface area contributed by atoms with Crippen LogP contribution < -0.4 is 14.2 Å². The Bertz CT molecular complexity index is 537. The van der Waals surface area contributed by atoms with Gasteiger partial charge in [0.15, 0.2) is 11.5 Å². The number of aliphatic hydroxyl groups excluding tert-OH is 1. The molecule has 0 radical (unpaired) electrons. The number of ether oxygens (including phenoxy) is 3. The van der Waals surface area contributed by atoms with E-state index in [1.165, 1.54) is 0 Å². The Morgan fingerprint density at radius 3 is 2.16 bits per heavy atom. The summed E-state index contributed by atoms with van der Waals surface area (Å²) in [5, 5.41) is 10.4. The van der Waals surface area contributed by atoms with Crippen molar-refractivity contribution in [2.24, 2.45) is 0 Å². The van der Waals surface area contributed by atoms with Gasteiger partial charge in [0.05, 0.1) is 21.3 Å². The van der Waals surface area contributed by atoms with Crippen LogP contribution in [0.5, 0.6) is 17.2 Å². The second-order valence-electron chi connectivity index (χ2n) is 3.98. The molecule has 0 saturated heterocycles. The van der Waals surface area contributed by atoms with Crippen LogP contribution in [0, 0.1) is 0 Å². The first-order chi connectivity index (χ1) is 9.21. The van der Waals surface area contributed by atoms with Gasteiger partial charge in [-0.05, 0) is 18.2 Å². The van der Waals surface area contributed by atoms with Crippen molar-refractivity contribution >= 4 is 0 Å². The predicted octanol–water partition coefficient (Wildman–Crippen LogP) is 2.12. The average Bonchev–Trinajstić information content (AvgIpc) is 2.99. The molecule has 0 aliphatic rings. The maximum Gasteiger partial charge on any atom is 0.164 e. The van der Waals surface area contributed by atoms with E-state index in [0.29, 0.717) is 28.5 Å². The lowest BCUT2D eigenvalue weighted by Gasteiger charge is -2.17. The van der Waals surface area contributed by atoms with Gasteiger partial charge in [-0.3, -0.25) is 0 Å². The van der Waals surface area contributed by atoms with Crippen molar-refractivity contribution in [1.82, 2.24) is 4.98 Å². The van der Waals surface area contributed by atoms with Crippen molar-refractivity contribution in [3.63, 3.8) is 0 Å². The summed E-state index contributed by atoms with van der Waals surface area (Å²) in [5.41, 5.74) is 1.30. The lowest BCUT2D eigenvalue weighted by molar-refractivity contribution is 0.209. The molecule has 0 aliphatic heterocycles. The Morgan fingerprint density at radius 1 is 1.00 bits per heavy atom. The average molecular weight is 263 g/mol. The molecule has 0 aliphatic carbocycles. The maximum absolute atomic E-state index is 10.4. The summed E-state index contributed by atoms with van der Waals surface area (Å²) in [6.45, 7) is 0. The lowest BCUT2D eigenvalue weighted by atomic mass is 10.0. The van der Waals surface area contributed by atoms with Crippen LogP contribution in [0.15, 0.2) is 30.5 Å². The summed E-state index contributed by atoms with van der Waals surface area (Å²) in [7, 11) is 4.65. The summed E-state index contributed by atoms with van der Waals surface area (Å²) < 4.78 is 15.7. The molecule has 0 bridgehead atoms. The molecule has 1 aromatic heterocycles. The fraction of sp³-hybridized carbons (Fsp3) is 0.286. The van der Waals surface area contributed by atoms with Gasteiger partial charge in [0, 0.05) is 23.5 Å². The van der Waals surface area contributed by atoms with E-state index in [2.05, 4.69) is 4.98 Å². The highest BCUT2D eigenvalue weighted by atomic mass is 16.5. The normalized spacial score (nSPS) is 12.0. The zero-order chi connectivity index (χ0) is 13.8. The van der Waals surface area contributed by atoms with E-state index >= 15 is 0 Å². The van der Waals surface area contributed by atoms with Gasteiger partial charge in [0.1, 0.15) is 11.9 Å². The van der Waals surface area contributed by atoms with Gasteiger partial charge in [0.2, 0.25) is 0 Å². The van der Waals surface area contributed by atoms with Gasteiger partial charge < -0.3 is 24.3 Å². The Hall–Kier alpha value is -2.14. The molecule has 2 rings (SSSR count). The molecule has 5 nitrogen and oxygen atoms in total. The van der Waals surface area contributed by atoms with Crippen LogP contribution in [0.25, 0.3) is 0 Å². The second-order valence-corrected chi connectivity index (χ2v) is 3.98. The van der Waals surface area contributed by atoms with Crippen molar-refractivity contribution in [2.45, 2.75) is 6.10 Å². The van der Waals surface area contributed by atoms with Gasteiger partial charge in [0.25, 0.3) is 0 Å². The monoisotopic (exact) mass is 263 g/mol. The van der Waals surface area contributed by atoms with Crippen LogP contribution in [0.1, 0.15) is 17.4 Å². The molecule has 0 spiro atoms. The quantitative estimate of drug-likeness (QED) is 0.867. The number of hydrogen-bond acceptors (Lipinski definition) is 4. The van der Waals surface area contributed by atoms with Crippen LogP contribution in [0.4, 0.5) is 0 Å². The van der Waals surface area contributed by atoms with Gasteiger partial charge in [-0.1, -0.05) is 0 Å². The third-order valence-corrected chi connectivity index (χ3v) is 2.95. The molecular formula is C14H17NO4. The highest BCUT2D eigenvalue weighted by Gasteiger charge is 2.20. The molecule has 1 unspecified atom stereocenters. The molecule has 0 saturated carbocycles. The predicted molar refractivity (Wildman–Crippen MR) is 71.0 cm³/mol. The molecule has 1 heterocycles. The minimum Gasteiger partial charge on any atom is -0.496 e. The number of hydrogen-bond donors (Lipinski definition) is 2. The lowest BCUT2D eigenvalue weighted by Crippen LogP contribution is -2.04.